The number of hydrogen-bond donors (Lipinski definition) is 1. The molecule has 0 aromatic rings. The molecule has 0 aliphatic rings. The predicted octanol–water partition coefficient (Wildman–Crippen LogP) is -5.93. The Kier molecular flexibility index (Phi) is 9.70. The Morgan fingerprint density at radius 3 is 1.40 bits per heavy atom. The Morgan fingerprint density at radius 2 is 1.40 bits per heavy atom. The van der Waals surface area contributed by atoms with E-state index in [4.69, 9.17) is 10.3 Å². The summed E-state index contributed by atoms with van der Waals surface area (Å²) < 4.78 is 24.5. The van der Waals surface area contributed by atoms with Crippen molar-refractivity contribution in [1.29, 1.82) is 0 Å². The van der Waals surface area contributed by atoms with Gasteiger partial charge in [0.05, 0.1) is 0 Å². The fourth-order valence-corrected chi connectivity index (χ4v) is 0. The Morgan fingerprint density at radius 1 is 1.40 bits per heavy atom. The van der Waals surface area contributed by atoms with Crippen LogP contribution < -0.4 is 27.9 Å². The first-order chi connectivity index (χ1) is 1.73. The van der Waals surface area contributed by atoms with E-state index in [2.05, 4.69) is 0 Å². The van der Waals surface area contributed by atoms with Crippen LogP contribution in [0.1, 0.15) is 0 Å². The van der Waals surface area contributed by atoms with E-state index in [1.165, 1.54) is 0 Å². The molecule has 34 valence electrons. The zero-order valence-corrected chi connectivity index (χ0v) is 5.26. The van der Waals surface area contributed by atoms with Crippen molar-refractivity contribution in [3.05, 3.63) is 0 Å². The second-order valence-corrected chi connectivity index (χ2v) is 1.35. The van der Waals surface area contributed by atoms with Gasteiger partial charge >= 0.3 is 21.1 Å². The minimum Gasteiger partial charge on any atom is -0.396 e. The number of hydrogen-bond acceptors (Lipinski definition) is 3. The molecule has 0 saturated carbocycles. The fourth-order valence-electron chi connectivity index (χ4n) is 0. The first kappa shape index (κ1) is 9.46. The van der Waals surface area contributed by atoms with Crippen LogP contribution in [0.25, 0.3) is 0 Å². The van der Waals surface area contributed by atoms with Gasteiger partial charge in [-0.25, -0.2) is 0 Å². The summed E-state index contributed by atoms with van der Waals surface area (Å²) in [5.74, 6) is 0. The zero-order chi connectivity index (χ0) is 3.58. The van der Waals surface area contributed by atoms with Gasteiger partial charge in [-0.05, 0) is 3.44 Å². The van der Waals surface area contributed by atoms with Crippen molar-refractivity contribution < 1.29 is 48.4 Å². The van der Waals surface area contributed by atoms with Crippen LogP contribution in [-0.2, 0) is 17.1 Å². The second-order valence-electron chi connectivity index (χ2n) is 0.201. The van der Waals surface area contributed by atoms with Crippen molar-refractivity contribution in [3.63, 3.8) is 0 Å². The van der Waals surface area contributed by atoms with Gasteiger partial charge in [-0.15, -0.1) is 0 Å². The number of halogens is 1. The molecule has 0 unspecified atom stereocenters. The van der Waals surface area contributed by atoms with Crippen LogP contribution >= 0.6 is 0 Å². The molecule has 0 aromatic carbocycles. The van der Waals surface area contributed by atoms with Crippen molar-refractivity contribution >= 4 is 0 Å². The standard InChI is InChI=1S/Fe.HIO3/c;2-1(3)4/h;2H. The molecule has 0 spiro atoms. The third kappa shape index (κ3) is 39.4. The van der Waals surface area contributed by atoms with Crippen molar-refractivity contribution in [2.24, 2.45) is 0 Å². The van der Waals surface area contributed by atoms with E-state index in [1.807, 2.05) is 0 Å². The third-order valence-corrected chi connectivity index (χ3v) is 0. The van der Waals surface area contributed by atoms with E-state index >= 15 is 0 Å². The van der Waals surface area contributed by atoms with Crippen molar-refractivity contribution in [2.75, 3.05) is 0 Å². The Hall–Kier alpha value is 1.13. The topological polar surface area (TPSA) is 66.3 Å². The van der Waals surface area contributed by atoms with Gasteiger partial charge in [0.25, 0.3) is 0 Å². The SMILES string of the molecule is [Fe].[O-][I+2]([O-])O. The summed E-state index contributed by atoms with van der Waals surface area (Å²) in [4.78, 5) is 0. The molecule has 0 atom stereocenters. The van der Waals surface area contributed by atoms with Gasteiger partial charge in [0, 0.05) is 17.1 Å². The van der Waals surface area contributed by atoms with Gasteiger partial charge in [-0.1, -0.05) is 0 Å². The van der Waals surface area contributed by atoms with Crippen LogP contribution in [0.5, 0.6) is 0 Å². The Bertz CT molecular complexity index is 11.6. The minimum atomic E-state index is -3.76. The molecule has 3 nitrogen and oxygen atoms in total. The average Bonchev–Trinajstić information content (AvgIpc) is 0.811. The van der Waals surface area contributed by atoms with Gasteiger partial charge in [0.15, 0.2) is 0 Å². The Balaban J connectivity index is 0. The molecule has 0 amide bonds. The second kappa shape index (κ2) is 5.13. The molecule has 0 heterocycles. The van der Waals surface area contributed by atoms with Crippen molar-refractivity contribution in [3.8, 4) is 0 Å². The summed E-state index contributed by atoms with van der Waals surface area (Å²) in [6.45, 7) is 0. The van der Waals surface area contributed by atoms with Crippen LogP contribution in [0, 0.1) is 0 Å². The maximum atomic E-state index is 8.68. The van der Waals surface area contributed by atoms with E-state index in [-0.39, 0.29) is 17.1 Å². The molecule has 1 N–H and O–H groups in total. The molecular formula is HFeIO3. The summed E-state index contributed by atoms with van der Waals surface area (Å²) in [5, 5.41) is 0. The van der Waals surface area contributed by atoms with Crippen LogP contribution in [0.15, 0.2) is 0 Å². The minimum absolute atomic E-state index is 0. The van der Waals surface area contributed by atoms with Crippen LogP contribution in [-0.4, -0.2) is 3.44 Å². The van der Waals surface area contributed by atoms with E-state index in [0.717, 1.165) is 0 Å². The smallest absolute Gasteiger partial charge is 0.396 e. The summed E-state index contributed by atoms with van der Waals surface area (Å²) in [6, 6.07) is 0. The summed E-state index contributed by atoms with van der Waals surface area (Å²) >= 11 is -3.76. The van der Waals surface area contributed by atoms with E-state index in [0.29, 0.717) is 0 Å². The number of rotatable bonds is 0. The van der Waals surface area contributed by atoms with E-state index in [1.54, 1.807) is 0 Å². The van der Waals surface area contributed by atoms with Crippen LogP contribution in [0.4, 0.5) is 0 Å². The van der Waals surface area contributed by atoms with E-state index < -0.39 is 21.1 Å². The van der Waals surface area contributed by atoms with Crippen LogP contribution in [0.3, 0.4) is 0 Å². The fraction of sp³-hybridized carbons (Fsp3) is 0. The zero-order valence-electron chi connectivity index (χ0n) is 2.00. The molecule has 0 aliphatic heterocycles. The molecule has 0 aliphatic carbocycles. The first-order valence-electron chi connectivity index (χ1n) is 0.478. The van der Waals surface area contributed by atoms with Gasteiger partial charge < -0.3 is 6.87 Å². The monoisotopic (exact) mass is 232 g/mol. The van der Waals surface area contributed by atoms with Gasteiger partial charge in [-0.2, -0.15) is 0 Å². The maximum Gasteiger partial charge on any atom is 0.503 e. The van der Waals surface area contributed by atoms with Crippen molar-refractivity contribution in [1.82, 2.24) is 0 Å². The molecule has 5 heteroatoms. The summed E-state index contributed by atoms with van der Waals surface area (Å²) in [5.41, 5.74) is 0. The van der Waals surface area contributed by atoms with E-state index in [9.17, 15) is 0 Å². The van der Waals surface area contributed by atoms with Gasteiger partial charge in [0.2, 0.25) is 0 Å². The molecule has 0 rings (SSSR count). The molecular weight excluding hydrogens is 231 g/mol. The third-order valence-electron chi connectivity index (χ3n) is 0. The molecule has 0 aromatic heterocycles. The molecule has 0 saturated heterocycles. The summed E-state index contributed by atoms with van der Waals surface area (Å²) in [7, 11) is 0. The first-order valence-corrected chi connectivity index (χ1v) is 3.20. The molecule has 5 heavy (non-hydrogen) atoms. The molecule has 0 radical (unpaired) electrons. The van der Waals surface area contributed by atoms with Crippen LogP contribution in [0.2, 0.25) is 0 Å². The average molecular weight is 232 g/mol. The maximum absolute atomic E-state index is 8.68. The normalized spacial score (nSPS) is 7.20. The Labute approximate surface area is 48.5 Å². The predicted molar refractivity (Wildman–Crippen MR) is 2.22 cm³/mol. The largest absolute Gasteiger partial charge is 0.503 e. The van der Waals surface area contributed by atoms with Gasteiger partial charge in [0.1, 0.15) is 0 Å². The summed E-state index contributed by atoms with van der Waals surface area (Å²) in [6.07, 6.45) is 0. The molecule has 0 fully saturated rings. The molecule has 0 bridgehead atoms. The van der Waals surface area contributed by atoms with Crippen molar-refractivity contribution in [2.45, 2.75) is 0 Å². The van der Waals surface area contributed by atoms with Gasteiger partial charge in [-0.3, -0.25) is 0 Å². The quantitative estimate of drug-likeness (QED) is 0.334.